The number of aromatic amines is 1. The first-order chi connectivity index (χ1) is 15.3. The second kappa shape index (κ2) is 6.90. The summed E-state index contributed by atoms with van der Waals surface area (Å²) in [6.45, 7) is 4.33. The summed E-state index contributed by atoms with van der Waals surface area (Å²) in [5.41, 5.74) is 1.79. The summed E-state index contributed by atoms with van der Waals surface area (Å²) < 4.78 is 6.00. The molecule has 5 nitrogen and oxygen atoms in total. The minimum atomic E-state index is -0.305. The van der Waals surface area contributed by atoms with Gasteiger partial charge in [-0.3, -0.25) is 4.79 Å². The predicted molar refractivity (Wildman–Crippen MR) is 124 cm³/mol. The van der Waals surface area contributed by atoms with Gasteiger partial charge in [0, 0.05) is 29.2 Å². The molecular formula is C26H30ClN3O2. The standard InChI is InChI=1S/C26H30ClN3O2/c1-15(19-12-29-20-5-6-21(23(27)22(19)20)32-18-3-4-18)24(31)30-16-7-8-26(14-28)11-17(30)10-25(2,9-16)13-26/h5-6,12,15-18,29H,3-4,7-11,13H2,1-2H3. The Labute approximate surface area is 194 Å². The fraction of sp³-hybridized carbons (Fsp3) is 0.615. The van der Waals surface area contributed by atoms with Crippen molar-refractivity contribution < 1.29 is 9.53 Å². The minimum absolute atomic E-state index is 0.166. The number of halogens is 1. The molecule has 4 bridgehead atoms. The second-order valence-electron chi connectivity index (χ2n) is 11.2. The molecule has 1 N–H and O–H groups in total. The van der Waals surface area contributed by atoms with Gasteiger partial charge >= 0.3 is 0 Å². The molecule has 3 saturated carbocycles. The van der Waals surface area contributed by atoms with Crippen molar-refractivity contribution in [3.8, 4) is 11.8 Å². The van der Waals surface area contributed by atoms with E-state index >= 15 is 0 Å². The quantitative estimate of drug-likeness (QED) is 0.626. The number of nitrogens with zero attached hydrogens (tertiary/aromatic N) is 2. The summed E-state index contributed by atoms with van der Waals surface area (Å²) in [5.74, 6) is 0.571. The van der Waals surface area contributed by atoms with Crippen molar-refractivity contribution in [3.63, 3.8) is 0 Å². The Morgan fingerprint density at radius 2 is 2.06 bits per heavy atom. The largest absolute Gasteiger partial charge is 0.489 e. The molecule has 5 unspecified atom stereocenters. The Morgan fingerprint density at radius 3 is 2.81 bits per heavy atom. The van der Waals surface area contributed by atoms with Crippen LogP contribution in [0.25, 0.3) is 10.9 Å². The molecule has 1 amide bonds. The van der Waals surface area contributed by atoms with E-state index in [1.807, 2.05) is 25.3 Å². The van der Waals surface area contributed by atoms with Gasteiger partial charge in [-0.1, -0.05) is 18.5 Å². The van der Waals surface area contributed by atoms with Gasteiger partial charge < -0.3 is 14.6 Å². The molecule has 1 aromatic carbocycles. The normalized spacial score (nSPS) is 34.4. The lowest BCUT2D eigenvalue weighted by atomic mass is 9.59. The van der Waals surface area contributed by atoms with Crippen molar-refractivity contribution in [2.75, 3.05) is 0 Å². The van der Waals surface area contributed by atoms with Crippen molar-refractivity contribution in [1.82, 2.24) is 9.88 Å². The van der Waals surface area contributed by atoms with Crippen LogP contribution in [0.4, 0.5) is 0 Å². The number of benzene rings is 1. The van der Waals surface area contributed by atoms with Gasteiger partial charge in [0.05, 0.1) is 28.5 Å². The van der Waals surface area contributed by atoms with Crippen LogP contribution in [0.15, 0.2) is 18.3 Å². The molecule has 6 heteroatoms. The number of ether oxygens (including phenoxy) is 1. The van der Waals surface area contributed by atoms with Gasteiger partial charge in [0.2, 0.25) is 5.91 Å². The van der Waals surface area contributed by atoms with Crippen LogP contribution in [-0.2, 0) is 4.79 Å². The molecule has 32 heavy (non-hydrogen) atoms. The molecule has 7 rings (SSSR count). The Kier molecular flexibility index (Phi) is 4.41. The van der Waals surface area contributed by atoms with Gasteiger partial charge in [-0.25, -0.2) is 0 Å². The van der Waals surface area contributed by atoms with E-state index in [9.17, 15) is 10.1 Å². The Hall–Kier alpha value is -2.19. The maximum atomic E-state index is 14.0. The average molecular weight is 452 g/mol. The molecule has 2 aromatic rings. The first kappa shape index (κ1) is 20.4. The van der Waals surface area contributed by atoms with E-state index in [1.165, 1.54) is 0 Å². The van der Waals surface area contributed by atoms with Gasteiger partial charge in [-0.2, -0.15) is 5.26 Å². The molecule has 1 aromatic heterocycles. The van der Waals surface area contributed by atoms with E-state index in [0.29, 0.717) is 10.8 Å². The minimum Gasteiger partial charge on any atom is -0.489 e. The number of hydrogen-bond acceptors (Lipinski definition) is 3. The zero-order valence-electron chi connectivity index (χ0n) is 18.8. The summed E-state index contributed by atoms with van der Waals surface area (Å²) >= 11 is 6.79. The number of hydrogen-bond donors (Lipinski definition) is 1. The Balaban J connectivity index is 1.34. The van der Waals surface area contributed by atoms with Crippen LogP contribution < -0.4 is 4.74 Å². The summed E-state index contributed by atoms with van der Waals surface area (Å²) in [5, 5.41) is 11.5. The highest BCUT2D eigenvalue weighted by Gasteiger charge is 2.57. The van der Waals surface area contributed by atoms with Crippen LogP contribution in [0.5, 0.6) is 5.75 Å². The number of carbonyl (C=O) groups excluding carboxylic acids is 1. The average Bonchev–Trinajstić information content (AvgIpc) is 3.50. The maximum absolute atomic E-state index is 14.0. The lowest BCUT2D eigenvalue weighted by Gasteiger charge is -2.54. The van der Waals surface area contributed by atoms with Crippen molar-refractivity contribution >= 4 is 28.4 Å². The van der Waals surface area contributed by atoms with Crippen LogP contribution in [0.1, 0.15) is 76.7 Å². The number of fused-ring (bicyclic) bond motifs is 2. The van der Waals surface area contributed by atoms with Gasteiger partial charge in [0.15, 0.2) is 0 Å². The molecule has 5 aliphatic rings. The highest BCUT2D eigenvalue weighted by Crippen LogP contribution is 2.59. The third-order valence-corrected chi connectivity index (χ3v) is 8.89. The fourth-order valence-corrected chi connectivity index (χ4v) is 7.41. The number of nitrogens with one attached hydrogen (secondary N) is 1. The molecule has 168 valence electrons. The molecule has 0 radical (unpaired) electrons. The maximum Gasteiger partial charge on any atom is 0.230 e. The summed E-state index contributed by atoms with van der Waals surface area (Å²) in [6, 6.07) is 6.99. The lowest BCUT2D eigenvalue weighted by molar-refractivity contribution is -0.145. The van der Waals surface area contributed by atoms with E-state index in [1.54, 1.807) is 0 Å². The van der Waals surface area contributed by atoms with E-state index < -0.39 is 0 Å². The highest BCUT2D eigenvalue weighted by molar-refractivity contribution is 6.37. The number of rotatable bonds is 4. The highest BCUT2D eigenvalue weighted by atomic mass is 35.5. The van der Waals surface area contributed by atoms with Gasteiger partial charge in [0.25, 0.3) is 0 Å². The van der Waals surface area contributed by atoms with Crippen molar-refractivity contribution in [2.24, 2.45) is 10.8 Å². The number of H-pyrrole nitrogens is 1. The zero-order valence-corrected chi connectivity index (χ0v) is 19.5. The SMILES string of the molecule is CC(C(=O)N1C2CCC3(C#N)CC1CC(C)(C2)C3)c1c[nH]c2ccc(OC3CC3)c(Cl)c12. The second-order valence-corrected chi connectivity index (χ2v) is 11.5. The first-order valence-electron chi connectivity index (χ1n) is 12.0. The third-order valence-electron chi connectivity index (χ3n) is 8.52. The summed E-state index contributed by atoms with van der Waals surface area (Å²) in [6.07, 6.45) is 10.0. The summed E-state index contributed by atoms with van der Waals surface area (Å²) in [7, 11) is 0. The van der Waals surface area contributed by atoms with E-state index in [0.717, 1.165) is 67.8 Å². The molecule has 3 heterocycles. The molecule has 2 aliphatic heterocycles. The first-order valence-corrected chi connectivity index (χ1v) is 12.4. The number of aromatic nitrogens is 1. The monoisotopic (exact) mass is 451 g/mol. The van der Waals surface area contributed by atoms with E-state index in [-0.39, 0.29) is 40.8 Å². The van der Waals surface area contributed by atoms with Crippen LogP contribution in [0, 0.1) is 22.2 Å². The number of carbonyl (C=O) groups is 1. The topological polar surface area (TPSA) is 69.1 Å². The van der Waals surface area contributed by atoms with Gasteiger partial charge in [-0.15, -0.1) is 0 Å². The number of amides is 1. The van der Waals surface area contributed by atoms with Gasteiger partial charge in [0.1, 0.15) is 5.75 Å². The lowest BCUT2D eigenvalue weighted by Crippen LogP contribution is -2.57. The molecular weight excluding hydrogens is 422 g/mol. The van der Waals surface area contributed by atoms with Crippen LogP contribution >= 0.6 is 11.6 Å². The van der Waals surface area contributed by atoms with Crippen molar-refractivity contribution in [3.05, 3.63) is 28.9 Å². The molecule has 5 atom stereocenters. The van der Waals surface area contributed by atoms with Crippen LogP contribution in [0.3, 0.4) is 0 Å². The number of nitriles is 1. The van der Waals surface area contributed by atoms with Crippen LogP contribution in [0.2, 0.25) is 5.02 Å². The third kappa shape index (κ3) is 3.06. The van der Waals surface area contributed by atoms with Crippen LogP contribution in [-0.4, -0.2) is 34.0 Å². The van der Waals surface area contributed by atoms with E-state index in [4.69, 9.17) is 16.3 Å². The Bertz CT molecular complexity index is 1150. The molecule has 5 fully saturated rings. The summed E-state index contributed by atoms with van der Waals surface area (Å²) in [4.78, 5) is 19.4. The molecule has 0 spiro atoms. The molecule has 3 aliphatic carbocycles. The van der Waals surface area contributed by atoms with Crippen molar-refractivity contribution in [2.45, 2.75) is 89.3 Å². The zero-order chi connectivity index (χ0) is 22.3. The van der Waals surface area contributed by atoms with Crippen molar-refractivity contribution in [1.29, 1.82) is 5.26 Å². The van der Waals surface area contributed by atoms with E-state index in [2.05, 4.69) is 22.9 Å². The number of piperidine rings is 1. The fourth-order valence-electron chi connectivity index (χ4n) is 7.09. The Morgan fingerprint density at radius 1 is 1.28 bits per heavy atom. The smallest absolute Gasteiger partial charge is 0.230 e. The van der Waals surface area contributed by atoms with Gasteiger partial charge in [-0.05, 0) is 81.4 Å². The molecule has 2 saturated heterocycles. The predicted octanol–water partition coefficient (Wildman–Crippen LogP) is 5.93.